The Bertz CT molecular complexity index is 1020. The summed E-state index contributed by atoms with van der Waals surface area (Å²) >= 11 is 0. The second-order valence-corrected chi connectivity index (χ2v) is 7.92. The molecule has 0 bridgehead atoms. The Morgan fingerprint density at radius 3 is 2.00 bits per heavy atom. The lowest BCUT2D eigenvalue weighted by Gasteiger charge is -2.31. The molecule has 3 rings (SSSR count). The largest absolute Gasteiger partial charge is 0.357 e. The van der Waals surface area contributed by atoms with Crippen molar-refractivity contribution in [2.75, 3.05) is 7.05 Å². The number of rotatable bonds is 8. The van der Waals surface area contributed by atoms with Crippen molar-refractivity contribution in [2.24, 2.45) is 0 Å². The van der Waals surface area contributed by atoms with Gasteiger partial charge in [-0.25, -0.2) is 0 Å². The summed E-state index contributed by atoms with van der Waals surface area (Å²) in [5, 5.41) is 2.75. The molecule has 0 aliphatic rings. The summed E-state index contributed by atoms with van der Waals surface area (Å²) < 4.78 is 0. The van der Waals surface area contributed by atoms with E-state index in [9.17, 15) is 9.59 Å². The molecule has 160 valence electrons. The number of amides is 2. The first-order valence-corrected chi connectivity index (χ1v) is 10.6. The van der Waals surface area contributed by atoms with Crippen LogP contribution in [0.5, 0.6) is 0 Å². The smallest absolute Gasteiger partial charge is 0.242 e. The Kier molecular flexibility index (Phi) is 7.60. The number of likely N-dealkylation sites (N-methyl/N-ethyl adjacent to an activating group) is 1. The number of aryl methyl sites for hydroxylation is 2. The Labute approximate surface area is 184 Å². The van der Waals surface area contributed by atoms with Crippen molar-refractivity contribution in [3.8, 4) is 0 Å². The van der Waals surface area contributed by atoms with Crippen molar-refractivity contribution in [3.63, 3.8) is 0 Å². The Morgan fingerprint density at radius 2 is 1.42 bits per heavy atom. The molecule has 0 saturated carbocycles. The van der Waals surface area contributed by atoms with Gasteiger partial charge in [0, 0.05) is 20.0 Å². The first-order chi connectivity index (χ1) is 15.0. The predicted molar refractivity (Wildman–Crippen MR) is 125 cm³/mol. The van der Waals surface area contributed by atoms with E-state index in [2.05, 4.69) is 18.3 Å². The fourth-order valence-electron chi connectivity index (χ4n) is 3.69. The lowest BCUT2D eigenvalue weighted by molar-refractivity contribution is -0.140. The van der Waals surface area contributed by atoms with Gasteiger partial charge < -0.3 is 10.2 Å². The molecule has 1 unspecified atom stereocenters. The van der Waals surface area contributed by atoms with Gasteiger partial charge in [0.25, 0.3) is 0 Å². The fraction of sp³-hybridized carbons (Fsp3) is 0.259. The zero-order chi connectivity index (χ0) is 22.2. The molecule has 2 amide bonds. The Balaban J connectivity index is 1.92. The van der Waals surface area contributed by atoms with E-state index in [1.807, 2.05) is 79.7 Å². The molecule has 3 aromatic rings. The predicted octanol–water partition coefficient (Wildman–Crippen LogP) is 4.23. The molecule has 4 nitrogen and oxygen atoms in total. The Hall–Kier alpha value is -3.40. The molecule has 0 aliphatic heterocycles. The summed E-state index contributed by atoms with van der Waals surface area (Å²) in [6.07, 6.45) is 0.724. The van der Waals surface area contributed by atoms with Crippen molar-refractivity contribution >= 4 is 11.8 Å². The van der Waals surface area contributed by atoms with E-state index < -0.39 is 6.04 Å². The van der Waals surface area contributed by atoms with E-state index in [1.54, 1.807) is 11.9 Å². The second-order valence-electron chi connectivity index (χ2n) is 7.92. The molecule has 31 heavy (non-hydrogen) atoms. The lowest BCUT2D eigenvalue weighted by atomic mass is 10.0. The first-order valence-electron chi connectivity index (χ1n) is 10.6. The Morgan fingerprint density at radius 1 is 0.806 bits per heavy atom. The maximum absolute atomic E-state index is 13.5. The van der Waals surface area contributed by atoms with Crippen molar-refractivity contribution in [2.45, 2.75) is 39.3 Å². The third kappa shape index (κ3) is 6.05. The molecular formula is C27H30N2O2. The van der Waals surface area contributed by atoms with Crippen molar-refractivity contribution in [1.82, 2.24) is 10.2 Å². The van der Waals surface area contributed by atoms with Crippen LogP contribution in [0.2, 0.25) is 0 Å². The SMILES string of the molecule is CNC(=O)C(Cc1ccccc1)N(Cc1ccccc1)C(=O)Cc1ccc(C)c(C)c1. The molecule has 1 N–H and O–H groups in total. The van der Waals surface area contributed by atoms with Crippen LogP contribution in [0.3, 0.4) is 0 Å². The van der Waals surface area contributed by atoms with Gasteiger partial charge in [0.05, 0.1) is 6.42 Å². The minimum atomic E-state index is -0.591. The van der Waals surface area contributed by atoms with Gasteiger partial charge in [-0.3, -0.25) is 9.59 Å². The molecule has 0 heterocycles. The third-order valence-electron chi connectivity index (χ3n) is 5.64. The molecule has 0 radical (unpaired) electrons. The van der Waals surface area contributed by atoms with Crippen LogP contribution < -0.4 is 5.32 Å². The van der Waals surface area contributed by atoms with Gasteiger partial charge in [0.1, 0.15) is 6.04 Å². The van der Waals surface area contributed by atoms with Crippen molar-refractivity contribution in [3.05, 3.63) is 107 Å². The average molecular weight is 415 g/mol. The van der Waals surface area contributed by atoms with Gasteiger partial charge >= 0.3 is 0 Å². The van der Waals surface area contributed by atoms with Gasteiger partial charge in [0.15, 0.2) is 0 Å². The maximum atomic E-state index is 13.5. The van der Waals surface area contributed by atoms with Crippen LogP contribution in [0, 0.1) is 13.8 Å². The highest BCUT2D eigenvalue weighted by molar-refractivity contribution is 5.88. The molecule has 1 atom stereocenters. The van der Waals surface area contributed by atoms with E-state index in [1.165, 1.54) is 5.56 Å². The topological polar surface area (TPSA) is 49.4 Å². The third-order valence-corrected chi connectivity index (χ3v) is 5.64. The minimum Gasteiger partial charge on any atom is -0.357 e. The van der Waals surface area contributed by atoms with E-state index in [4.69, 9.17) is 0 Å². The number of nitrogens with zero attached hydrogens (tertiary/aromatic N) is 1. The molecular weight excluding hydrogens is 384 g/mol. The number of benzene rings is 3. The highest BCUT2D eigenvalue weighted by Gasteiger charge is 2.29. The summed E-state index contributed by atoms with van der Waals surface area (Å²) in [7, 11) is 1.62. The molecule has 0 aromatic heterocycles. The van der Waals surface area contributed by atoms with Crippen LogP contribution in [0.4, 0.5) is 0 Å². The zero-order valence-electron chi connectivity index (χ0n) is 18.5. The summed E-state index contributed by atoms with van der Waals surface area (Å²) in [6.45, 7) is 4.49. The van der Waals surface area contributed by atoms with Crippen molar-refractivity contribution < 1.29 is 9.59 Å². The number of hydrogen-bond donors (Lipinski definition) is 1. The quantitative estimate of drug-likeness (QED) is 0.600. The van der Waals surface area contributed by atoms with E-state index in [-0.39, 0.29) is 18.2 Å². The van der Waals surface area contributed by atoms with Crippen molar-refractivity contribution in [1.29, 1.82) is 0 Å². The van der Waals surface area contributed by atoms with Crippen LogP contribution in [0.25, 0.3) is 0 Å². The normalized spacial score (nSPS) is 11.6. The summed E-state index contributed by atoms with van der Waals surface area (Å²) in [5.41, 5.74) is 5.34. The maximum Gasteiger partial charge on any atom is 0.242 e. The molecule has 4 heteroatoms. The summed E-state index contributed by atoms with van der Waals surface area (Å²) in [4.78, 5) is 28.1. The summed E-state index contributed by atoms with van der Waals surface area (Å²) in [6, 6.07) is 25.2. The summed E-state index contributed by atoms with van der Waals surface area (Å²) in [5.74, 6) is -0.218. The standard InChI is InChI=1S/C27H30N2O2/c1-20-14-15-24(16-21(20)2)18-26(30)29(19-23-12-8-5-9-13-23)25(27(31)28-3)17-22-10-6-4-7-11-22/h4-16,25H,17-19H2,1-3H3,(H,28,31). The van der Waals surface area contributed by atoms with E-state index in [0.29, 0.717) is 13.0 Å². The monoisotopic (exact) mass is 414 g/mol. The fourth-order valence-corrected chi connectivity index (χ4v) is 3.69. The van der Waals surface area contributed by atoms with E-state index in [0.717, 1.165) is 22.3 Å². The average Bonchev–Trinajstić information content (AvgIpc) is 2.79. The molecule has 0 spiro atoms. The zero-order valence-corrected chi connectivity index (χ0v) is 18.5. The van der Waals surface area contributed by atoms with Gasteiger partial charge in [-0.05, 0) is 41.7 Å². The highest BCUT2D eigenvalue weighted by atomic mass is 16.2. The molecule has 0 fully saturated rings. The first kappa shape index (κ1) is 22.3. The molecule has 0 aliphatic carbocycles. The van der Waals surface area contributed by atoms with Gasteiger partial charge in [0.2, 0.25) is 11.8 Å². The number of carbonyl (C=O) groups excluding carboxylic acids is 2. The highest BCUT2D eigenvalue weighted by Crippen LogP contribution is 2.17. The van der Waals surface area contributed by atoms with Crippen LogP contribution in [-0.4, -0.2) is 29.8 Å². The number of nitrogens with one attached hydrogen (secondary N) is 1. The number of hydrogen-bond acceptors (Lipinski definition) is 2. The number of carbonyl (C=O) groups is 2. The van der Waals surface area contributed by atoms with Gasteiger partial charge in [-0.15, -0.1) is 0 Å². The molecule has 3 aromatic carbocycles. The lowest BCUT2D eigenvalue weighted by Crippen LogP contribution is -2.50. The molecule has 0 saturated heterocycles. The minimum absolute atomic E-state index is 0.0587. The van der Waals surface area contributed by atoms with Gasteiger partial charge in [-0.2, -0.15) is 0 Å². The van der Waals surface area contributed by atoms with Crippen LogP contribution in [0.1, 0.15) is 27.8 Å². The van der Waals surface area contributed by atoms with E-state index >= 15 is 0 Å². The van der Waals surface area contributed by atoms with Crippen LogP contribution in [0.15, 0.2) is 78.9 Å². The second kappa shape index (κ2) is 10.6. The van der Waals surface area contributed by atoms with Gasteiger partial charge in [-0.1, -0.05) is 78.9 Å². The van der Waals surface area contributed by atoms with Crippen LogP contribution >= 0.6 is 0 Å². The van der Waals surface area contributed by atoms with Crippen LogP contribution in [-0.2, 0) is 29.0 Å².